The fourth-order valence-corrected chi connectivity index (χ4v) is 6.44. The average Bonchev–Trinajstić information content (AvgIpc) is 3.07. The number of aliphatic carboxylic acids is 1. The molecule has 2 aliphatic rings. The van der Waals surface area contributed by atoms with Gasteiger partial charge in [-0.15, -0.1) is 0 Å². The molecule has 0 bridgehead atoms. The van der Waals surface area contributed by atoms with E-state index in [1.165, 1.54) is 6.07 Å². The molecule has 0 radical (unpaired) electrons. The van der Waals surface area contributed by atoms with E-state index >= 15 is 4.39 Å². The summed E-state index contributed by atoms with van der Waals surface area (Å²) in [5, 5.41) is 11.8. The van der Waals surface area contributed by atoms with Crippen LogP contribution in [0, 0.1) is 17.2 Å². The molecule has 7 heteroatoms. The molecule has 2 heterocycles. The summed E-state index contributed by atoms with van der Waals surface area (Å²) < 4.78 is 21.2. The van der Waals surface area contributed by atoms with Crippen molar-refractivity contribution < 1.29 is 19.0 Å². The van der Waals surface area contributed by atoms with Crippen LogP contribution in [0.2, 0.25) is 10.0 Å². The largest absolute Gasteiger partial charge is 0.480 e. The summed E-state index contributed by atoms with van der Waals surface area (Å²) in [6, 6.07) is 11.7. The molecule has 4 rings (SSSR count). The van der Waals surface area contributed by atoms with E-state index in [1.807, 2.05) is 18.2 Å². The topological polar surface area (TPSA) is 49.8 Å². The highest BCUT2D eigenvalue weighted by Crippen LogP contribution is 2.55. The smallest absolute Gasteiger partial charge is 0.329 e. The van der Waals surface area contributed by atoms with Crippen LogP contribution in [0.1, 0.15) is 63.5 Å². The maximum Gasteiger partial charge on any atom is 0.329 e. The first-order valence-corrected chi connectivity index (χ1v) is 13.1. The van der Waals surface area contributed by atoms with Gasteiger partial charge in [-0.05, 0) is 66.8 Å². The van der Waals surface area contributed by atoms with E-state index in [1.54, 1.807) is 18.2 Å². The van der Waals surface area contributed by atoms with Gasteiger partial charge in [0.15, 0.2) is 5.54 Å². The second-order valence-corrected chi connectivity index (χ2v) is 12.0. The van der Waals surface area contributed by atoms with Gasteiger partial charge in [0.1, 0.15) is 5.82 Å². The third kappa shape index (κ3) is 5.39. The minimum atomic E-state index is -1.59. The van der Waals surface area contributed by atoms with E-state index < -0.39 is 23.2 Å². The van der Waals surface area contributed by atoms with Crippen molar-refractivity contribution in [2.75, 3.05) is 19.8 Å². The van der Waals surface area contributed by atoms with Gasteiger partial charge in [0.25, 0.3) is 0 Å². The van der Waals surface area contributed by atoms with Gasteiger partial charge in [0.05, 0.1) is 0 Å². The van der Waals surface area contributed by atoms with Gasteiger partial charge in [-0.25, -0.2) is 9.18 Å². The highest BCUT2D eigenvalue weighted by Gasteiger charge is 2.61. The monoisotopic (exact) mass is 521 g/mol. The summed E-state index contributed by atoms with van der Waals surface area (Å²) >= 11 is 12.5. The summed E-state index contributed by atoms with van der Waals surface area (Å²) in [6.07, 6.45) is 3.10. The minimum absolute atomic E-state index is 0.0371. The van der Waals surface area contributed by atoms with Gasteiger partial charge >= 0.3 is 5.97 Å². The van der Waals surface area contributed by atoms with Crippen molar-refractivity contribution in [2.45, 2.75) is 64.0 Å². The number of halogens is 3. The lowest BCUT2D eigenvalue weighted by atomic mass is 9.74. The van der Waals surface area contributed by atoms with Gasteiger partial charge < -0.3 is 9.84 Å². The summed E-state index contributed by atoms with van der Waals surface area (Å²) in [7, 11) is 0. The van der Waals surface area contributed by atoms with Crippen LogP contribution in [0.3, 0.4) is 0 Å². The number of hydrogen-bond donors (Lipinski definition) is 1. The van der Waals surface area contributed by atoms with Gasteiger partial charge in [-0.2, -0.15) is 0 Å². The number of likely N-dealkylation sites (tertiary alicyclic amines) is 1. The fraction of sp³-hybridized carbons (Fsp3) is 0.536. The molecule has 3 unspecified atom stereocenters. The van der Waals surface area contributed by atoms with Crippen LogP contribution in [0.5, 0.6) is 0 Å². The Balaban J connectivity index is 1.94. The van der Waals surface area contributed by atoms with Crippen LogP contribution in [-0.4, -0.2) is 41.8 Å². The van der Waals surface area contributed by atoms with Crippen molar-refractivity contribution >= 4 is 29.2 Å². The quantitative estimate of drug-likeness (QED) is 0.439. The molecular weight excluding hydrogens is 488 g/mol. The number of nitrogens with zero attached hydrogens (tertiary/aromatic N) is 1. The highest BCUT2D eigenvalue weighted by molar-refractivity contribution is 6.30. The van der Waals surface area contributed by atoms with Gasteiger partial charge in [-0.3, -0.25) is 4.90 Å². The van der Waals surface area contributed by atoms with Crippen LogP contribution < -0.4 is 0 Å². The van der Waals surface area contributed by atoms with Crippen molar-refractivity contribution in [1.82, 2.24) is 4.90 Å². The van der Waals surface area contributed by atoms with E-state index in [-0.39, 0.29) is 28.0 Å². The summed E-state index contributed by atoms with van der Waals surface area (Å²) in [5.74, 6) is -1.85. The van der Waals surface area contributed by atoms with Crippen LogP contribution in [0.4, 0.5) is 4.39 Å². The maximum atomic E-state index is 15.7. The molecule has 0 aliphatic carbocycles. The lowest BCUT2D eigenvalue weighted by molar-refractivity contribution is -0.154. The van der Waals surface area contributed by atoms with Gasteiger partial charge in [0.2, 0.25) is 0 Å². The van der Waals surface area contributed by atoms with Crippen molar-refractivity contribution in [3.63, 3.8) is 0 Å². The molecule has 3 atom stereocenters. The van der Waals surface area contributed by atoms with Crippen LogP contribution in [0.25, 0.3) is 0 Å². The molecule has 2 aromatic rings. The first-order chi connectivity index (χ1) is 16.5. The Morgan fingerprint density at radius 2 is 1.83 bits per heavy atom. The zero-order valence-corrected chi connectivity index (χ0v) is 22.1. The lowest BCUT2D eigenvalue weighted by Crippen LogP contribution is -2.55. The van der Waals surface area contributed by atoms with Crippen molar-refractivity contribution in [2.24, 2.45) is 11.3 Å². The standard InChI is InChI=1S/C28H34Cl2FNO3/c1-27(2,3)16-22-15-24(19-5-4-6-20(29)13-19)28(26(33)34,23-8-7-21(30)14-25(23)31)32(22)17-18-9-11-35-12-10-18/h4-8,13-14,18,22,24H,9-12,15-17H2,1-3H3,(H,33,34). The minimum Gasteiger partial charge on any atom is -0.480 e. The maximum absolute atomic E-state index is 15.7. The molecule has 2 fully saturated rings. The number of ether oxygens (including phenoxy) is 1. The highest BCUT2D eigenvalue weighted by atomic mass is 35.5. The molecule has 190 valence electrons. The molecule has 1 N–H and O–H groups in total. The molecule has 4 nitrogen and oxygen atoms in total. The Kier molecular flexibility index (Phi) is 7.82. The zero-order valence-electron chi connectivity index (χ0n) is 20.6. The normalized spacial score (nSPS) is 26.2. The van der Waals surface area contributed by atoms with Crippen molar-refractivity contribution in [3.05, 3.63) is 69.5 Å². The average molecular weight is 522 g/mol. The number of hydrogen-bond acceptors (Lipinski definition) is 3. The molecule has 0 saturated carbocycles. The zero-order chi connectivity index (χ0) is 25.4. The van der Waals surface area contributed by atoms with E-state index in [4.69, 9.17) is 27.9 Å². The van der Waals surface area contributed by atoms with E-state index in [0.29, 0.717) is 31.2 Å². The lowest BCUT2D eigenvalue weighted by Gasteiger charge is -2.44. The molecule has 2 aromatic carbocycles. The van der Waals surface area contributed by atoms with Crippen molar-refractivity contribution in [3.8, 4) is 0 Å². The van der Waals surface area contributed by atoms with Crippen molar-refractivity contribution in [1.29, 1.82) is 0 Å². The number of carboxylic acids is 1. The predicted molar refractivity (Wildman–Crippen MR) is 138 cm³/mol. The summed E-state index contributed by atoms with van der Waals surface area (Å²) in [6.45, 7) is 8.38. The molecule has 0 aromatic heterocycles. The first-order valence-electron chi connectivity index (χ1n) is 12.3. The number of carbonyl (C=O) groups is 1. The van der Waals surface area contributed by atoms with E-state index in [9.17, 15) is 9.90 Å². The Hall–Kier alpha value is -1.66. The molecule has 2 saturated heterocycles. The third-order valence-corrected chi connectivity index (χ3v) is 7.94. The SMILES string of the molecule is CC(C)(C)CC1CC(c2cccc(Cl)c2)C(C(=O)O)(c2ccc(Cl)cc2F)N1CC1CCOCC1. The fourth-order valence-electron chi connectivity index (χ4n) is 6.09. The van der Waals surface area contributed by atoms with E-state index in [2.05, 4.69) is 25.7 Å². The third-order valence-electron chi connectivity index (χ3n) is 7.47. The number of benzene rings is 2. The molecule has 35 heavy (non-hydrogen) atoms. The van der Waals surface area contributed by atoms with Crippen LogP contribution in [0.15, 0.2) is 42.5 Å². The second-order valence-electron chi connectivity index (χ2n) is 11.2. The van der Waals surface area contributed by atoms with Crippen LogP contribution >= 0.6 is 23.2 Å². The molecule has 0 amide bonds. The second kappa shape index (κ2) is 10.4. The summed E-state index contributed by atoms with van der Waals surface area (Å²) in [5.41, 5.74) is -0.663. The number of rotatable bonds is 6. The number of carboxylic acid groups (broad SMARTS) is 1. The molecule has 2 aliphatic heterocycles. The van der Waals surface area contributed by atoms with E-state index in [0.717, 1.165) is 24.8 Å². The van der Waals surface area contributed by atoms with Gasteiger partial charge in [-0.1, -0.05) is 62.2 Å². The first kappa shape index (κ1) is 26.4. The molecular formula is C28H34Cl2FNO3. The Bertz CT molecular complexity index is 1070. The Labute approximate surface area is 217 Å². The van der Waals surface area contributed by atoms with Crippen LogP contribution in [-0.2, 0) is 15.1 Å². The molecule has 0 spiro atoms. The Morgan fingerprint density at radius 1 is 1.14 bits per heavy atom. The summed E-state index contributed by atoms with van der Waals surface area (Å²) in [4.78, 5) is 15.6. The predicted octanol–water partition coefficient (Wildman–Crippen LogP) is 7.13. The Morgan fingerprint density at radius 3 is 2.43 bits per heavy atom. The van der Waals surface area contributed by atoms with Gasteiger partial charge in [0, 0.05) is 47.3 Å².